The smallest absolute Gasteiger partial charge is 0.317 e. The summed E-state index contributed by atoms with van der Waals surface area (Å²) in [7, 11) is 1.91. The monoisotopic (exact) mass is 423 g/mol. The maximum absolute atomic E-state index is 12.8. The highest BCUT2D eigenvalue weighted by atomic mass is 35.5. The van der Waals surface area contributed by atoms with Crippen LogP contribution in [0.4, 0.5) is 0 Å². The highest BCUT2D eigenvalue weighted by Gasteiger charge is 2.22. The van der Waals surface area contributed by atoms with E-state index in [-0.39, 0.29) is 24.9 Å². The van der Waals surface area contributed by atoms with Crippen LogP contribution in [0.2, 0.25) is 0 Å². The average molecular weight is 424 g/mol. The molecule has 2 aliphatic heterocycles. The number of amides is 1. The van der Waals surface area contributed by atoms with E-state index in [0.29, 0.717) is 6.04 Å². The maximum Gasteiger partial charge on any atom is 0.317 e. The van der Waals surface area contributed by atoms with Crippen molar-refractivity contribution >= 4 is 24.3 Å². The molecule has 1 atom stereocenters. The van der Waals surface area contributed by atoms with Crippen LogP contribution in [0.1, 0.15) is 54.4 Å². The van der Waals surface area contributed by atoms with Crippen LogP contribution in [0.5, 0.6) is 0 Å². The number of carboxylic acid groups (broad SMARTS) is 1. The molecule has 0 aliphatic carbocycles. The van der Waals surface area contributed by atoms with Crippen molar-refractivity contribution in [3.8, 4) is 0 Å². The molecule has 0 saturated carbocycles. The van der Waals surface area contributed by atoms with Crippen LogP contribution >= 0.6 is 12.4 Å². The Labute approximate surface area is 180 Å². The lowest BCUT2D eigenvalue weighted by atomic mass is 10.1. The molecule has 162 valence electrons. The van der Waals surface area contributed by atoms with Crippen molar-refractivity contribution in [2.24, 2.45) is 0 Å². The van der Waals surface area contributed by atoms with E-state index in [0.717, 1.165) is 70.4 Å². The van der Waals surface area contributed by atoms with Crippen molar-refractivity contribution < 1.29 is 14.7 Å². The van der Waals surface area contributed by atoms with Gasteiger partial charge in [0.25, 0.3) is 5.91 Å². The fraction of sp³-hybridized carbons (Fsp3) is 0.636. The number of benzene rings is 1. The van der Waals surface area contributed by atoms with E-state index in [1.165, 1.54) is 12.0 Å². The Morgan fingerprint density at radius 2 is 1.83 bits per heavy atom. The molecule has 0 aromatic heterocycles. The number of piperidine rings is 1. The Hall–Kier alpha value is -1.63. The second-order valence-electron chi connectivity index (χ2n) is 8.22. The molecule has 29 heavy (non-hydrogen) atoms. The van der Waals surface area contributed by atoms with Gasteiger partial charge in [0.1, 0.15) is 0 Å². The Bertz CT molecular complexity index is 679. The van der Waals surface area contributed by atoms with Gasteiger partial charge in [-0.1, -0.05) is 12.1 Å². The Kier molecular flexibility index (Phi) is 9.40. The van der Waals surface area contributed by atoms with Gasteiger partial charge in [0.15, 0.2) is 0 Å². The van der Waals surface area contributed by atoms with Gasteiger partial charge in [-0.2, -0.15) is 0 Å². The van der Waals surface area contributed by atoms with Gasteiger partial charge in [-0.3, -0.25) is 19.4 Å². The molecular formula is C22H34ClN3O3. The summed E-state index contributed by atoms with van der Waals surface area (Å²) in [4.78, 5) is 30.1. The van der Waals surface area contributed by atoms with E-state index in [4.69, 9.17) is 5.11 Å². The zero-order valence-corrected chi connectivity index (χ0v) is 18.2. The standard InChI is InChI=1S/C22H33N3O3.ClH/c1-23(17-21(26)27)20-9-6-11-24(14-10-20)16-18-7-5-8-19(15-18)22(28)25-12-3-2-4-13-25;/h5,7-8,15,20H,2-4,6,9-14,16-17H2,1H3,(H,26,27);1H. The van der Waals surface area contributed by atoms with Gasteiger partial charge in [-0.15, -0.1) is 12.4 Å². The zero-order chi connectivity index (χ0) is 19.9. The molecule has 6 nitrogen and oxygen atoms in total. The Morgan fingerprint density at radius 1 is 1.07 bits per heavy atom. The number of likely N-dealkylation sites (N-methyl/N-ethyl adjacent to an activating group) is 1. The van der Waals surface area contributed by atoms with Crippen LogP contribution in [0, 0.1) is 0 Å². The lowest BCUT2D eigenvalue weighted by molar-refractivity contribution is -0.138. The summed E-state index contributed by atoms with van der Waals surface area (Å²) < 4.78 is 0. The first-order valence-electron chi connectivity index (χ1n) is 10.6. The third kappa shape index (κ3) is 6.98. The van der Waals surface area contributed by atoms with E-state index in [1.54, 1.807) is 0 Å². The van der Waals surface area contributed by atoms with Gasteiger partial charge in [0.2, 0.25) is 0 Å². The number of likely N-dealkylation sites (tertiary alicyclic amines) is 2. The summed E-state index contributed by atoms with van der Waals surface area (Å²) in [5, 5.41) is 9.01. The summed E-state index contributed by atoms with van der Waals surface area (Å²) in [6.45, 7) is 4.67. The number of hydrogen-bond acceptors (Lipinski definition) is 4. The Balaban J connectivity index is 0.00000300. The quantitative estimate of drug-likeness (QED) is 0.761. The highest BCUT2D eigenvalue weighted by Crippen LogP contribution is 2.19. The van der Waals surface area contributed by atoms with Crippen molar-refractivity contribution in [3.63, 3.8) is 0 Å². The fourth-order valence-electron chi connectivity index (χ4n) is 4.42. The molecule has 0 spiro atoms. The third-order valence-electron chi connectivity index (χ3n) is 6.02. The number of hydrogen-bond donors (Lipinski definition) is 1. The number of halogens is 1. The molecule has 1 aromatic rings. The normalized spacial score (nSPS) is 20.8. The predicted octanol–water partition coefficient (Wildman–Crippen LogP) is 3.11. The Morgan fingerprint density at radius 3 is 2.55 bits per heavy atom. The third-order valence-corrected chi connectivity index (χ3v) is 6.02. The van der Waals surface area contributed by atoms with Crippen LogP contribution in [0.25, 0.3) is 0 Å². The minimum Gasteiger partial charge on any atom is -0.480 e. The number of carbonyl (C=O) groups excluding carboxylic acids is 1. The summed E-state index contributed by atoms with van der Waals surface area (Å²) in [6, 6.07) is 8.41. The molecule has 1 amide bonds. The minimum absolute atomic E-state index is 0. The molecule has 1 aromatic carbocycles. The summed E-state index contributed by atoms with van der Waals surface area (Å²) in [5.41, 5.74) is 1.98. The van der Waals surface area contributed by atoms with Crippen molar-refractivity contribution in [1.29, 1.82) is 0 Å². The summed E-state index contributed by atoms with van der Waals surface area (Å²) >= 11 is 0. The van der Waals surface area contributed by atoms with E-state index in [9.17, 15) is 9.59 Å². The molecule has 1 unspecified atom stereocenters. The largest absolute Gasteiger partial charge is 0.480 e. The molecule has 1 N–H and O–H groups in total. The molecule has 3 rings (SSSR count). The lowest BCUT2D eigenvalue weighted by Gasteiger charge is -2.27. The van der Waals surface area contributed by atoms with Gasteiger partial charge in [0.05, 0.1) is 6.54 Å². The van der Waals surface area contributed by atoms with Crippen molar-refractivity contribution in [3.05, 3.63) is 35.4 Å². The molecule has 0 radical (unpaired) electrons. The van der Waals surface area contributed by atoms with Crippen LogP contribution in [-0.4, -0.2) is 77.5 Å². The minimum atomic E-state index is -0.765. The highest BCUT2D eigenvalue weighted by molar-refractivity contribution is 5.94. The van der Waals surface area contributed by atoms with E-state index < -0.39 is 5.97 Å². The molecule has 2 fully saturated rings. The van der Waals surface area contributed by atoms with Crippen LogP contribution in [0.3, 0.4) is 0 Å². The molecule has 0 bridgehead atoms. The van der Waals surface area contributed by atoms with Crippen molar-refractivity contribution in [2.75, 3.05) is 39.8 Å². The fourth-order valence-corrected chi connectivity index (χ4v) is 4.42. The van der Waals surface area contributed by atoms with Crippen molar-refractivity contribution in [2.45, 2.75) is 51.1 Å². The first-order chi connectivity index (χ1) is 13.5. The number of rotatable bonds is 6. The molecule has 2 aliphatic rings. The number of carbonyl (C=O) groups is 2. The zero-order valence-electron chi connectivity index (χ0n) is 17.4. The first-order valence-corrected chi connectivity index (χ1v) is 10.6. The van der Waals surface area contributed by atoms with E-state index >= 15 is 0 Å². The van der Waals surface area contributed by atoms with Crippen LogP contribution in [0.15, 0.2) is 24.3 Å². The van der Waals surface area contributed by atoms with E-state index in [2.05, 4.69) is 17.0 Å². The van der Waals surface area contributed by atoms with Gasteiger partial charge in [-0.05, 0) is 76.4 Å². The molecular weight excluding hydrogens is 390 g/mol. The predicted molar refractivity (Wildman–Crippen MR) is 117 cm³/mol. The average Bonchev–Trinajstić information content (AvgIpc) is 2.93. The summed E-state index contributed by atoms with van der Waals surface area (Å²) in [5.74, 6) is -0.605. The SMILES string of the molecule is CN(CC(=O)O)C1CCCN(Cc2cccc(C(=O)N3CCCCC3)c2)CC1.Cl. The van der Waals surface area contributed by atoms with Gasteiger partial charge < -0.3 is 10.0 Å². The first kappa shape index (κ1) is 23.6. The summed E-state index contributed by atoms with van der Waals surface area (Å²) in [6.07, 6.45) is 6.53. The second-order valence-corrected chi connectivity index (χ2v) is 8.22. The number of carboxylic acids is 1. The van der Waals surface area contributed by atoms with Crippen molar-refractivity contribution in [1.82, 2.24) is 14.7 Å². The van der Waals surface area contributed by atoms with Gasteiger partial charge >= 0.3 is 5.97 Å². The maximum atomic E-state index is 12.8. The topological polar surface area (TPSA) is 64.1 Å². The second kappa shape index (κ2) is 11.5. The van der Waals surface area contributed by atoms with E-state index in [1.807, 2.05) is 29.0 Å². The molecule has 2 saturated heterocycles. The number of nitrogens with zero attached hydrogens (tertiary/aromatic N) is 3. The van der Waals surface area contributed by atoms with Crippen LogP contribution < -0.4 is 0 Å². The lowest BCUT2D eigenvalue weighted by Crippen LogP contribution is -2.36. The molecule has 2 heterocycles. The van der Waals surface area contributed by atoms with Gasteiger partial charge in [0, 0.05) is 31.2 Å². The molecule has 7 heteroatoms. The number of aliphatic carboxylic acids is 1. The van der Waals surface area contributed by atoms with Crippen LogP contribution in [-0.2, 0) is 11.3 Å². The van der Waals surface area contributed by atoms with Gasteiger partial charge in [-0.25, -0.2) is 0 Å².